The average molecular weight is 469 g/mol. The van der Waals surface area contributed by atoms with Gasteiger partial charge in [0.05, 0.1) is 5.41 Å². The standard InChI is InChI=1S/C31H36N2O2/c1-3-25-11-13-26(14-12-25)17-20-32-30(35)31(23-27-7-5-4-6-8-27)18-21-33(22-19-31)29(34)28-15-9-24(2)10-16-28/h4-16H,3,17-23H2,1-2H3,(H,32,35). The van der Waals surface area contributed by atoms with Crippen molar-refractivity contribution in [1.82, 2.24) is 10.2 Å². The minimum atomic E-state index is -0.503. The number of hydrogen-bond donors (Lipinski definition) is 1. The van der Waals surface area contributed by atoms with Gasteiger partial charge in [0.1, 0.15) is 0 Å². The van der Waals surface area contributed by atoms with Crippen LogP contribution in [0.2, 0.25) is 0 Å². The van der Waals surface area contributed by atoms with Crippen LogP contribution in [0.25, 0.3) is 0 Å². The normalized spacial score (nSPS) is 15.0. The predicted octanol–water partition coefficient (Wildman–Crippen LogP) is 5.38. The summed E-state index contributed by atoms with van der Waals surface area (Å²) in [7, 11) is 0. The molecule has 0 atom stereocenters. The SMILES string of the molecule is CCc1ccc(CCNC(=O)C2(Cc3ccccc3)CCN(C(=O)c3ccc(C)cc3)CC2)cc1. The molecule has 0 unspecified atom stereocenters. The Morgan fingerprint density at radius 3 is 2.09 bits per heavy atom. The number of aryl methyl sites for hydroxylation is 2. The number of nitrogens with one attached hydrogen (secondary N) is 1. The molecule has 2 amide bonds. The Balaban J connectivity index is 1.42. The van der Waals surface area contributed by atoms with Gasteiger partial charge in [-0.1, -0.05) is 79.2 Å². The summed E-state index contributed by atoms with van der Waals surface area (Å²) in [5.41, 5.74) is 5.07. The average Bonchev–Trinajstić information content (AvgIpc) is 2.90. The van der Waals surface area contributed by atoms with Crippen LogP contribution in [0.4, 0.5) is 0 Å². The first kappa shape index (κ1) is 24.7. The lowest BCUT2D eigenvalue weighted by atomic mass is 9.72. The topological polar surface area (TPSA) is 49.4 Å². The molecule has 4 nitrogen and oxygen atoms in total. The third-order valence-electron chi connectivity index (χ3n) is 7.30. The van der Waals surface area contributed by atoms with Crippen molar-refractivity contribution in [3.05, 3.63) is 107 Å². The highest BCUT2D eigenvalue weighted by Crippen LogP contribution is 2.36. The number of benzene rings is 3. The number of hydrogen-bond acceptors (Lipinski definition) is 2. The molecule has 0 aromatic heterocycles. The van der Waals surface area contributed by atoms with Crippen molar-refractivity contribution >= 4 is 11.8 Å². The van der Waals surface area contributed by atoms with Crippen molar-refractivity contribution in [3.8, 4) is 0 Å². The van der Waals surface area contributed by atoms with E-state index in [9.17, 15) is 9.59 Å². The lowest BCUT2D eigenvalue weighted by Crippen LogP contribution is -2.51. The van der Waals surface area contributed by atoms with Crippen LogP contribution in [0.5, 0.6) is 0 Å². The highest BCUT2D eigenvalue weighted by molar-refractivity contribution is 5.94. The largest absolute Gasteiger partial charge is 0.355 e. The molecule has 0 radical (unpaired) electrons. The van der Waals surface area contributed by atoms with E-state index in [2.05, 4.69) is 48.6 Å². The summed E-state index contributed by atoms with van der Waals surface area (Å²) >= 11 is 0. The Bertz CT molecular complexity index is 1110. The van der Waals surface area contributed by atoms with Gasteiger partial charge >= 0.3 is 0 Å². The molecule has 1 aliphatic heterocycles. The van der Waals surface area contributed by atoms with Gasteiger partial charge in [-0.2, -0.15) is 0 Å². The van der Waals surface area contributed by atoms with E-state index >= 15 is 0 Å². The molecule has 0 spiro atoms. The zero-order valence-electron chi connectivity index (χ0n) is 20.9. The Hall–Kier alpha value is -3.40. The third kappa shape index (κ3) is 6.19. The summed E-state index contributed by atoms with van der Waals surface area (Å²) in [5, 5.41) is 3.23. The molecule has 182 valence electrons. The minimum Gasteiger partial charge on any atom is -0.355 e. The molecule has 4 rings (SSSR count). The number of likely N-dealkylation sites (tertiary alicyclic amines) is 1. The summed E-state index contributed by atoms with van der Waals surface area (Å²) in [6.07, 6.45) is 3.86. The van der Waals surface area contributed by atoms with Gasteiger partial charge in [-0.25, -0.2) is 0 Å². The van der Waals surface area contributed by atoms with E-state index in [4.69, 9.17) is 0 Å². The Labute approximate surface area is 209 Å². The fraction of sp³-hybridized carbons (Fsp3) is 0.355. The van der Waals surface area contributed by atoms with Crippen molar-refractivity contribution in [2.75, 3.05) is 19.6 Å². The monoisotopic (exact) mass is 468 g/mol. The fourth-order valence-electron chi connectivity index (χ4n) is 4.94. The van der Waals surface area contributed by atoms with Crippen molar-refractivity contribution in [3.63, 3.8) is 0 Å². The van der Waals surface area contributed by atoms with E-state index < -0.39 is 5.41 Å². The van der Waals surface area contributed by atoms with Gasteiger partial charge in [0.15, 0.2) is 0 Å². The first-order valence-corrected chi connectivity index (χ1v) is 12.7. The molecule has 35 heavy (non-hydrogen) atoms. The maximum atomic E-state index is 13.6. The highest BCUT2D eigenvalue weighted by atomic mass is 16.2. The Kier molecular flexibility index (Phi) is 8.02. The molecule has 3 aromatic carbocycles. The smallest absolute Gasteiger partial charge is 0.253 e. The molecular weight excluding hydrogens is 432 g/mol. The molecule has 1 N–H and O–H groups in total. The van der Waals surface area contributed by atoms with E-state index in [0.717, 1.165) is 24.0 Å². The van der Waals surface area contributed by atoms with Crippen LogP contribution < -0.4 is 5.32 Å². The molecule has 1 heterocycles. The maximum absolute atomic E-state index is 13.6. The van der Waals surface area contributed by atoms with Crippen LogP contribution >= 0.6 is 0 Å². The second-order valence-electron chi connectivity index (χ2n) is 9.78. The first-order chi connectivity index (χ1) is 17.0. The van der Waals surface area contributed by atoms with E-state index in [1.165, 1.54) is 11.1 Å². The second kappa shape index (κ2) is 11.4. The van der Waals surface area contributed by atoms with Crippen LogP contribution in [0.1, 0.15) is 52.4 Å². The van der Waals surface area contributed by atoms with Gasteiger partial charge in [0.2, 0.25) is 5.91 Å². The summed E-state index contributed by atoms with van der Waals surface area (Å²) < 4.78 is 0. The number of carbonyl (C=O) groups excluding carboxylic acids is 2. The van der Waals surface area contributed by atoms with Gasteiger partial charge in [0.25, 0.3) is 5.91 Å². The Morgan fingerprint density at radius 1 is 0.829 bits per heavy atom. The van der Waals surface area contributed by atoms with E-state index in [-0.39, 0.29) is 11.8 Å². The molecule has 4 heteroatoms. The number of nitrogens with zero attached hydrogens (tertiary/aromatic N) is 1. The lowest BCUT2D eigenvalue weighted by molar-refractivity contribution is -0.133. The van der Waals surface area contributed by atoms with Gasteiger partial charge in [-0.15, -0.1) is 0 Å². The molecule has 0 bridgehead atoms. The summed E-state index contributed by atoms with van der Waals surface area (Å²) in [6.45, 7) is 5.97. The molecule has 0 saturated carbocycles. The molecular formula is C31H36N2O2. The number of amides is 2. The fourth-order valence-corrected chi connectivity index (χ4v) is 4.94. The highest BCUT2D eigenvalue weighted by Gasteiger charge is 2.42. The van der Waals surface area contributed by atoms with Gasteiger partial charge in [-0.05, 0) is 67.9 Å². The van der Waals surface area contributed by atoms with E-state index in [0.29, 0.717) is 44.5 Å². The summed E-state index contributed by atoms with van der Waals surface area (Å²) in [5.74, 6) is 0.156. The van der Waals surface area contributed by atoms with Crippen LogP contribution in [0.3, 0.4) is 0 Å². The third-order valence-corrected chi connectivity index (χ3v) is 7.30. The molecule has 1 aliphatic rings. The van der Waals surface area contributed by atoms with E-state index in [1.807, 2.05) is 54.3 Å². The zero-order valence-corrected chi connectivity index (χ0v) is 20.9. The lowest BCUT2D eigenvalue weighted by Gasteiger charge is -2.41. The molecule has 0 aliphatic carbocycles. The maximum Gasteiger partial charge on any atom is 0.253 e. The molecule has 1 fully saturated rings. The predicted molar refractivity (Wildman–Crippen MR) is 141 cm³/mol. The van der Waals surface area contributed by atoms with Crippen molar-refractivity contribution < 1.29 is 9.59 Å². The Morgan fingerprint density at radius 2 is 1.46 bits per heavy atom. The second-order valence-corrected chi connectivity index (χ2v) is 9.78. The molecule has 3 aromatic rings. The van der Waals surface area contributed by atoms with Crippen molar-refractivity contribution in [2.45, 2.75) is 46.0 Å². The summed E-state index contributed by atoms with van der Waals surface area (Å²) in [4.78, 5) is 28.5. The van der Waals surface area contributed by atoms with Gasteiger partial charge in [-0.3, -0.25) is 9.59 Å². The van der Waals surface area contributed by atoms with Crippen LogP contribution in [-0.4, -0.2) is 36.3 Å². The van der Waals surface area contributed by atoms with Crippen molar-refractivity contribution in [1.29, 1.82) is 0 Å². The van der Waals surface area contributed by atoms with Gasteiger partial charge < -0.3 is 10.2 Å². The molecule has 1 saturated heterocycles. The number of carbonyl (C=O) groups is 2. The number of piperidine rings is 1. The quantitative estimate of drug-likeness (QED) is 0.482. The van der Waals surface area contributed by atoms with E-state index in [1.54, 1.807) is 0 Å². The van der Waals surface area contributed by atoms with Crippen LogP contribution in [0.15, 0.2) is 78.9 Å². The zero-order chi connectivity index (χ0) is 24.7. The van der Waals surface area contributed by atoms with Crippen LogP contribution in [-0.2, 0) is 24.1 Å². The van der Waals surface area contributed by atoms with Gasteiger partial charge in [0, 0.05) is 25.2 Å². The minimum absolute atomic E-state index is 0.0502. The number of rotatable bonds is 8. The summed E-state index contributed by atoms with van der Waals surface area (Å²) in [6, 6.07) is 26.6. The van der Waals surface area contributed by atoms with Crippen LogP contribution in [0, 0.1) is 12.3 Å². The van der Waals surface area contributed by atoms with Crippen molar-refractivity contribution in [2.24, 2.45) is 5.41 Å². The first-order valence-electron chi connectivity index (χ1n) is 12.7.